The maximum absolute atomic E-state index is 13.4. The van der Waals surface area contributed by atoms with Crippen molar-refractivity contribution in [2.75, 3.05) is 65.7 Å². The number of rotatable bonds is 6. The van der Waals surface area contributed by atoms with Gasteiger partial charge in [0.2, 0.25) is 12.5 Å². The monoisotopic (exact) mass is 583 g/mol. The molecule has 0 bridgehead atoms. The van der Waals surface area contributed by atoms with E-state index in [0.717, 1.165) is 54.3 Å². The summed E-state index contributed by atoms with van der Waals surface area (Å²) in [6.45, 7) is 3.77. The number of hydrogen-bond donors (Lipinski definition) is 0. The Bertz CT molecular complexity index is 1650. The summed E-state index contributed by atoms with van der Waals surface area (Å²) in [6, 6.07) is 17.2. The van der Waals surface area contributed by atoms with Gasteiger partial charge >= 0.3 is 0 Å². The Morgan fingerprint density at radius 1 is 0.930 bits per heavy atom. The molecule has 0 unspecified atom stereocenters. The third-order valence-corrected chi connectivity index (χ3v) is 8.48. The fourth-order valence-electron chi connectivity index (χ4n) is 6.21. The number of carbonyl (C=O) groups is 1. The smallest absolute Gasteiger partial charge is 0.253 e. The minimum Gasteiger partial charge on any atom is -0.497 e. The second kappa shape index (κ2) is 11.1. The van der Waals surface area contributed by atoms with Crippen LogP contribution in [-0.4, -0.2) is 96.7 Å². The van der Waals surface area contributed by atoms with Gasteiger partial charge in [-0.05, 0) is 71.9 Å². The number of benzene rings is 3. The van der Waals surface area contributed by atoms with E-state index in [2.05, 4.69) is 31.4 Å². The first-order valence-corrected chi connectivity index (χ1v) is 14.3. The summed E-state index contributed by atoms with van der Waals surface area (Å²) >= 11 is 0. The Kier molecular flexibility index (Phi) is 6.98. The van der Waals surface area contributed by atoms with Gasteiger partial charge in [-0.15, -0.1) is 5.10 Å². The van der Waals surface area contributed by atoms with E-state index < -0.39 is 0 Å². The van der Waals surface area contributed by atoms with Crippen molar-refractivity contribution in [2.45, 2.75) is 12.5 Å². The summed E-state index contributed by atoms with van der Waals surface area (Å²) in [4.78, 5) is 19.8. The molecule has 4 aromatic rings. The number of piperazine rings is 1. The summed E-state index contributed by atoms with van der Waals surface area (Å²) in [5.41, 5.74) is 4.58. The van der Waals surface area contributed by atoms with Crippen molar-refractivity contribution >= 4 is 11.6 Å². The first-order valence-electron chi connectivity index (χ1n) is 14.3. The third-order valence-electron chi connectivity index (χ3n) is 8.48. The molecule has 3 aliphatic rings. The Hall–Kier alpha value is -4.84. The normalized spacial score (nSPS) is 18.0. The van der Waals surface area contributed by atoms with Gasteiger partial charge in [0.15, 0.2) is 17.3 Å². The molecular formula is C31H33N7O5. The third kappa shape index (κ3) is 4.77. The molecule has 3 aliphatic heterocycles. The standard InChI is InChI=1S/C31H33N7O5/c1-35-12-11-21-17-25-28(43-19-42-25)29(41-3)26(21)27(35)30-32-33-34-38(30)22-9-7-20(8-10-22)31(39)37-15-13-36(14-16-37)23-5-4-6-24(18-23)40-2/h4-10,17-18,27H,11-16,19H2,1-3H3/t27-/m0/s1. The first kappa shape index (κ1) is 27.0. The van der Waals surface area contributed by atoms with Crippen molar-refractivity contribution in [1.82, 2.24) is 30.0 Å². The molecule has 4 heterocycles. The van der Waals surface area contributed by atoms with Gasteiger partial charge in [-0.3, -0.25) is 9.69 Å². The van der Waals surface area contributed by atoms with Gasteiger partial charge in [0.25, 0.3) is 5.91 Å². The summed E-state index contributed by atoms with van der Waals surface area (Å²) in [5, 5.41) is 12.8. The molecule has 1 saturated heterocycles. The number of carbonyl (C=O) groups excluding carboxylic acids is 1. The molecule has 12 nitrogen and oxygen atoms in total. The van der Waals surface area contributed by atoms with Crippen LogP contribution in [0.3, 0.4) is 0 Å². The lowest BCUT2D eigenvalue weighted by Crippen LogP contribution is -2.48. The molecule has 1 aromatic heterocycles. The lowest BCUT2D eigenvalue weighted by molar-refractivity contribution is 0.0746. The number of anilines is 1. The Morgan fingerprint density at radius 3 is 2.51 bits per heavy atom. The lowest BCUT2D eigenvalue weighted by Gasteiger charge is -2.36. The van der Waals surface area contributed by atoms with Gasteiger partial charge < -0.3 is 28.7 Å². The highest BCUT2D eigenvalue weighted by Gasteiger charge is 2.38. The van der Waals surface area contributed by atoms with Crippen LogP contribution in [0, 0.1) is 0 Å². The average Bonchev–Trinajstić information content (AvgIpc) is 3.74. The number of hydrogen-bond acceptors (Lipinski definition) is 10. The zero-order valence-corrected chi connectivity index (χ0v) is 24.4. The quantitative estimate of drug-likeness (QED) is 0.336. The number of methoxy groups -OCH3 is 2. The second-order valence-electron chi connectivity index (χ2n) is 10.8. The molecular weight excluding hydrogens is 550 g/mol. The molecule has 7 rings (SSSR count). The van der Waals surface area contributed by atoms with E-state index in [-0.39, 0.29) is 18.7 Å². The van der Waals surface area contributed by atoms with E-state index >= 15 is 0 Å². The topological polar surface area (TPSA) is 107 Å². The van der Waals surface area contributed by atoms with E-state index in [1.54, 1.807) is 18.9 Å². The van der Waals surface area contributed by atoms with Gasteiger partial charge in [-0.2, -0.15) is 4.68 Å². The molecule has 0 spiro atoms. The average molecular weight is 584 g/mol. The van der Waals surface area contributed by atoms with E-state index in [1.165, 1.54) is 0 Å². The van der Waals surface area contributed by atoms with Crippen molar-refractivity contribution in [1.29, 1.82) is 0 Å². The molecule has 1 fully saturated rings. The minimum atomic E-state index is -0.273. The fraction of sp³-hybridized carbons (Fsp3) is 0.355. The molecule has 0 radical (unpaired) electrons. The number of fused-ring (bicyclic) bond motifs is 2. The van der Waals surface area contributed by atoms with Crippen LogP contribution in [-0.2, 0) is 6.42 Å². The van der Waals surface area contributed by atoms with E-state index in [9.17, 15) is 4.79 Å². The number of ether oxygens (including phenoxy) is 4. The van der Waals surface area contributed by atoms with E-state index in [0.29, 0.717) is 41.7 Å². The lowest BCUT2D eigenvalue weighted by atomic mass is 9.90. The second-order valence-corrected chi connectivity index (χ2v) is 10.8. The highest BCUT2D eigenvalue weighted by molar-refractivity contribution is 5.94. The maximum Gasteiger partial charge on any atom is 0.253 e. The van der Waals surface area contributed by atoms with Gasteiger partial charge in [0.1, 0.15) is 11.8 Å². The Balaban J connectivity index is 1.11. The number of likely N-dealkylation sites (N-methyl/N-ethyl adjacent to an activating group) is 1. The van der Waals surface area contributed by atoms with Gasteiger partial charge in [-0.1, -0.05) is 6.07 Å². The number of tetrazole rings is 1. The van der Waals surface area contributed by atoms with E-state index in [1.807, 2.05) is 60.5 Å². The van der Waals surface area contributed by atoms with Gasteiger partial charge in [-0.25, -0.2) is 0 Å². The molecule has 1 atom stereocenters. The number of nitrogens with zero attached hydrogens (tertiary/aromatic N) is 7. The summed E-state index contributed by atoms with van der Waals surface area (Å²) in [6.07, 6.45) is 0.835. The van der Waals surface area contributed by atoms with Crippen molar-refractivity contribution in [2.24, 2.45) is 0 Å². The number of amides is 1. The predicted octanol–water partition coefficient (Wildman–Crippen LogP) is 2.95. The van der Waals surface area contributed by atoms with Crippen LogP contribution in [0.4, 0.5) is 5.69 Å². The molecule has 12 heteroatoms. The summed E-state index contributed by atoms with van der Waals surface area (Å²) in [5.74, 6) is 3.42. The molecule has 222 valence electrons. The van der Waals surface area contributed by atoms with Crippen molar-refractivity contribution in [3.8, 4) is 28.7 Å². The first-order chi connectivity index (χ1) is 21.1. The van der Waals surface area contributed by atoms with Gasteiger partial charge in [0.05, 0.1) is 19.9 Å². The van der Waals surface area contributed by atoms with Crippen LogP contribution in [0.5, 0.6) is 23.0 Å². The van der Waals surface area contributed by atoms with Crippen molar-refractivity contribution < 1.29 is 23.7 Å². The largest absolute Gasteiger partial charge is 0.497 e. The van der Waals surface area contributed by atoms with E-state index in [4.69, 9.17) is 18.9 Å². The zero-order valence-electron chi connectivity index (χ0n) is 24.4. The van der Waals surface area contributed by atoms with Crippen molar-refractivity contribution in [3.63, 3.8) is 0 Å². The number of aromatic nitrogens is 4. The molecule has 3 aromatic carbocycles. The Labute approximate surface area is 249 Å². The summed E-state index contributed by atoms with van der Waals surface area (Å²) in [7, 11) is 5.36. The Morgan fingerprint density at radius 2 is 1.74 bits per heavy atom. The molecule has 1 amide bonds. The van der Waals surface area contributed by atoms with Crippen LogP contribution in [0.15, 0.2) is 54.6 Å². The minimum absolute atomic E-state index is 0.00975. The van der Waals surface area contributed by atoms with Crippen LogP contribution in [0.1, 0.15) is 33.4 Å². The molecule has 0 N–H and O–H groups in total. The van der Waals surface area contributed by atoms with Gasteiger partial charge in [0, 0.05) is 55.6 Å². The predicted molar refractivity (Wildman–Crippen MR) is 158 cm³/mol. The molecule has 0 aliphatic carbocycles. The maximum atomic E-state index is 13.4. The van der Waals surface area contributed by atoms with Crippen LogP contribution in [0.25, 0.3) is 5.69 Å². The van der Waals surface area contributed by atoms with Crippen LogP contribution in [0.2, 0.25) is 0 Å². The zero-order chi connectivity index (χ0) is 29.5. The SMILES string of the molecule is COc1cccc(N2CCN(C(=O)c3ccc(-n4nnnc4[C@@H]4c5c(cc6c(c5OC)OCO6)CCN4C)cc3)CC2)c1. The van der Waals surface area contributed by atoms with Crippen LogP contribution >= 0.6 is 0 Å². The summed E-state index contributed by atoms with van der Waals surface area (Å²) < 4.78 is 24.4. The highest BCUT2D eigenvalue weighted by atomic mass is 16.7. The molecule has 43 heavy (non-hydrogen) atoms. The van der Waals surface area contributed by atoms with Crippen molar-refractivity contribution in [3.05, 3.63) is 77.1 Å². The van der Waals surface area contributed by atoms with Crippen LogP contribution < -0.4 is 23.8 Å². The highest BCUT2D eigenvalue weighted by Crippen LogP contribution is 2.50. The fourth-order valence-corrected chi connectivity index (χ4v) is 6.21. The molecule has 0 saturated carbocycles.